The highest BCUT2D eigenvalue weighted by Gasteiger charge is 2.38. The highest BCUT2D eigenvalue weighted by molar-refractivity contribution is 5.85. The number of aromatic nitrogens is 4. The molecule has 4 aromatic rings. The van der Waals surface area contributed by atoms with Gasteiger partial charge >= 0.3 is 5.69 Å². The molecule has 0 atom stereocenters. The average Bonchev–Trinajstić information content (AvgIpc) is 3.32. The zero-order chi connectivity index (χ0) is 27.8. The van der Waals surface area contributed by atoms with Crippen LogP contribution in [0.2, 0.25) is 0 Å². The van der Waals surface area contributed by atoms with Gasteiger partial charge in [-0.15, -0.1) is 12.4 Å². The zero-order valence-corrected chi connectivity index (χ0v) is 24.8. The zero-order valence-electron chi connectivity index (χ0n) is 24.0. The third kappa shape index (κ3) is 5.41. The Bertz CT molecular complexity index is 1550. The molecule has 222 valence electrons. The molecule has 2 saturated heterocycles. The number of ether oxygens (including phenoxy) is 1. The Hall–Kier alpha value is -3.40. The van der Waals surface area contributed by atoms with Crippen molar-refractivity contribution in [1.29, 1.82) is 0 Å². The molecule has 2 aliphatic heterocycles. The molecule has 1 saturated carbocycles. The van der Waals surface area contributed by atoms with Gasteiger partial charge in [-0.05, 0) is 106 Å². The van der Waals surface area contributed by atoms with Crippen molar-refractivity contribution >= 4 is 29.4 Å². The first-order chi connectivity index (χ1) is 20.1. The fourth-order valence-electron chi connectivity index (χ4n) is 7.47. The Morgan fingerprint density at radius 3 is 2.19 bits per heavy atom. The maximum atomic E-state index is 14.0. The van der Waals surface area contributed by atoms with Gasteiger partial charge in [0.25, 0.3) is 0 Å². The number of likely N-dealkylation sites (tertiary alicyclic amines) is 1. The Morgan fingerprint density at radius 2 is 1.50 bits per heavy atom. The molecule has 4 heterocycles. The van der Waals surface area contributed by atoms with Crippen LogP contribution in [-0.4, -0.2) is 56.2 Å². The van der Waals surface area contributed by atoms with E-state index in [2.05, 4.69) is 20.2 Å². The van der Waals surface area contributed by atoms with Crippen LogP contribution >= 0.6 is 12.4 Å². The van der Waals surface area contributed by atoms with E-state index in [9.17, 15) is 4.79 Å². The summed E-state index contributed by atoms with van der Waals surface area (Å²) in [4.78, 5) is 25.5. The molecular weight excluding hydrogens is 550 g/mol. The Morgan fingerprint density at radius 1 is 0.833 bits per heavy atom. The van der Waals surface area contributed by atoms with Gasteiger partial charge in [0.1, 0.15) is 23.3 Å². The molecule has 3 aliphatic rings. The second kappa shape index (κ2) is 12.1. The number of nitrogens with two attached hydrogens (primary N) is 1. The lowest BCUT2D eigenvalue weighted by molar-refractivity contribution is 0.0486. The van der Waals surface area contributed by atoms with E-state index in [0.29, 0.717) is 39.9 Å². The number of piperidine rings is 2. The SMILES string of the molecule is Cl.Nc1ncnc2c1n(-c1ccc(Oc3ccccc3)cc1)c(=O)n2C1CCN(C2CCC3(CCNCC3)CC2)CC1. The fraction of sp³-hybridized carbons (Fsp3) is 0.469. The van der Waals surface area contributed by atoms with E-state index in [4.69, 9.17) is 10.5 Å². The van der Waals surface area contributed by atoms with Gasteiger partial charge in [0.2, 0.25) is 0 Å². The molecule has 0 unspecified atom stereocenters. The summed E-state index contributed by atoms with van der Waals surface area (Å²) in [5, 5.41) is 3.53. The normalized spacial score (nSPS) is 20.0. The van der Waals surface area contributed by atoms with Crippen LogP contribution in [0, 0.1) is 5.41 Å². The van der Waals surface area contributed by atoms with Gasteiger partial charge in [-0.3, -0.25) is 9.13 Å². The fourth-order valence-corrected chi connectivity index (χ4v) is 7.47. The van der Waals surface area contributed by atoms with Crippen LogP contribution in [0.1, 0.15) is 57.4 Å². The smallest absolute Gasteiger partial charge is 0.335 e. The largest absolute Gasteiger partial charge is 0.457 e. The monoisotopic (exact) mass is 589 g/mol. The minimum absolute atomic E-state index is 0. The maximum Gasteiger partial charge on any atom is 0.335 e. The third-order valence-electron chi connectivity index (χ3n) is 9.81. The van der Waals surface area contributed by atoms with Crippen LogP contribution in [0.4, 0.5) is 5.82 Å². The molecule has 3 fully saturated rings. The number of benzene rings is 2. The predicted octanol–water partition coefficient (Wildman–Crippen LogP) is 5.33. The van der Waals surface area contributed by atoms with Crippen LogP contribution in [0.3, 0.4) is 0 Å². The lowest BCUT2D eigenvalue weighted by atomic mass is 9.67. The van der Waals surface area contributed by atoms with Gasteiger partial charge in [0.05, 0.1) is 5.69 Å². The number of halogens is 1. The average molecular weight is 590 g/mol. The molecule has 7 rings (SSSR count). The summed E-state index contributed by atoms with van der Waals surface area (Å²) >= 11 is 0. The number of nitrogen functional groups attached to an aromatic ring is 1. The molecule has 0 amide bonds. The second-order valence-corrected chi connectivity index (χ2v) is 12.1. The molecule has 1 spiro atoms. The van der Waals surface area contributed by atoms with Gasteiger partial charge in [-0.1, -0.05) is 18.2 Å². The first-order valence-electron chi connectivity index (χ1n) is 15.1. The molecule has 2 aromatic heterocycles. The first-order valence-corrected chi connectivity index (χ1v) is 15.1. The number of nitrogens with zero attached hydrogens (tertiary/aromatic N) is 5. The van der Waals surface area contributed by atoms with Gasteiger partial charge in [-0.25, -0.2) is 14.8 Å². The Balaban J connectivity index is 0.00000316. The van der Waals surface area contributed by atoms with Crippen molar-refractivity contribution in [2.45, 2.75) is 63.5 Å². The molecule has 2 aromatic carbocycles. The summed E-state index contributed by atoms with van der Waals surface area (Å²) in [6.45, 7) is 4.38. The van der Waals surface area contributed by atoms with Crippen LogP contribution in [-0.2, 0) is 0 Å². The van der Waals surface area contributed by atoms with Crippen molar-refractivity contribution in [3.63, 3.8) is 0 Å². The Labute approximate surface area is 252 Å². The number of anilines is 1. The lowest BCUT2D eigenvalue weighted by Gasteiger charge is -2.47. The Kier molecular flexibility index (Phi) is 8.25. The van der Waals surface area contributed by atoms with Crippen LogP contribution < -0.4 is 21.5 Å². The van der Waals surface area contributed by atoms with Crippen molar-refractivity contribution in [2.75, 3.05) is 31.9 Å². The van der Waals surface area contributed by atoms with Crippen LogP contribution in [0.5, 0.6) is 11.5 Å². The molecule has 9 nitrogen and oxygen atoms in total. The van der Waals surface area contributed by atoms with E-state index in [-0.39, 0.29) is 24.1 Å². The van der Waals surface area contributed by atoms with Crippen molar-refractivity contribution in [3.05, 3.63) is 71.4 Å². The lowest BCUT2D eigenvalue weighted by Crippen LogP contribution is -2.47. The van der Waals surface area contributed by atoms with Crippen molar-refractivity contribution in [1.82, 2.24) is 29.3 Å². The minimum Gasteiger partial charge on any atom is -0.457 e. The van der Waals surface area contributed by atoms with Gasteiger partial charge in [-0.2, -0.15) is 0 Å². The highest BCUT2D eigenvalue weighted by Crippen LogP contribution is 2.45. The third-order valence-corrected chi connectivity index (χ3v) is 9.81. The van der Waals surface area contributed by atoms with Crippen LogP contribution in [0.15, 0.2) is 65.7 Å². The van der Waals surface area contributed by atoms with Gasteiger partial charge < -0.3 is 20.7 Å². The van der Waals surface area contributed by atoms with Crippen LogP contribution in [0.25, 0.3) is 16.9 Å². The summed E-state index contributed by atoms with van der Waals surface area (Å²) in [5.74, 6) is 1.76. The standard InChI is InChI=1S/C32H39N7O2.ClH/c33-29-28-30(36-22-35-29)39(31(40)38(28)24-6-8-27(9-7-24)41-26-4-2-1-3-5-26)25-12-20-37(21-13-25)23-10-14-32(15-11-23)16-18-34-19-17-32;/h1-9,22-23,25,34H,10-21H2,(H2,33,35,36);1H. The number of hydrogen-bond acceptors (Lipinski definition) is 7. The second-order valence-electron chi connectivity index (χ2n) is 12.1. The number of para-hydroxylation sites is 1. The van der Waals surface area contributed by atoms with E-state index in [0.717, 1.165) is 31.7 Å². The summed E-state index contributed by atoms with van der Waals surface area (Å²) < 4.78 is 9.48. The summed E-state index contributed by atoms with van der Waals surface area (Å²) in [5.41, 5.74) is 8.71. The summed E-state index contributed by atoms with van der Waals surface area (Å²) in [6.07, 6.45) is 11.3. The van der Waals surface area contributed by atoms with E-state index in [1.165, 1.54) is 57.9 Å². The van der Waals surface area contributed by atoms with Gasteiger partial charge in [0, 0.05) is 25.2 Å². The first kappa shape index (κ1) is 28.7. The van der Waals surface area contributed by atoms with E-state index in [1.807, 2.05) is 59.2 Å². The topological polar surface area (TPSA) is 103 Å². The van der Waals surface area contributed by atoms with Crippen molar-refractivity contribution in [2.24, 2.45) is 5.41 Å². The molecule has 10 heteroatoms. The summed E-state index contributed by atoms with van der Waals surface area (Å²) in [6, 6.07) is 17.9. The number of imidazole rings is 1. The van der Waals surface area contributed by atoms with Crippen molar-refractivity contribution < 1.29 is 4.74 Å². The van der Waals surface area contributed by atoms with E-state index < -0.39 is 0 Å². The molecule has 3 N–H and O–H groups in total. The number of rotatable bonds is 5. The van der Waals surface area contributed by atoms with Gasteiger partial charge in [0.15, 0.2) is 11.5 Å². The van der Waals surface area contributed by atoms with Crippen molar-refractivity contribution in [3.8, 4) is 17.2 Å². The van der Waals surface area contributed by atoms with E-state index in [1.54, 1.807) is 4.57 Å². The molecule has 42 heavy (non-hydrogen) atoms. The minimum atomic E-state index is -0.118. The maximum absolute atomic E-state index is 14.0. The quantitative estimate of drug-likeness (QED) is 0.324. The molecule has 1 aliphatic carbocycles. The number of fused-ring (bicyclic) bond motifs is 1. The molecular formula is C32H40ClN7O2. The summed E-state index contributed by atoms with van der Waals surface area (Å²) in [7, 11) is 0. The molecule has 0 bridgehead atoms. The van der Waals surface area contributed by atoms with E-state index >= 15 is 0 Å². The highest BCUT2D eigenvalue weighted by atomic mass is 35.5. The number of nitrogens with one attached hydrogen (secondary N) is 1. The number of hydrogen-bond donors (Lipinski definition) is 2. The molecule has 0 radical (unpaired) electrons. The predicted molar refractivity (Wildman–Crippen MR) is 168 cm³/mol.